The topological polar surface area (TPSA) is 76.2 Å². The molecule has 2 aromatic rings. The molecule has 0 radical (unpaired) electrons. The van der Waals surface area contributed by atoms with Crippen LogP contribution in [0.5, 0.6) is 0 Å². The Labute approximate surface area is 95.7 Å². The third-order valence-corrected chi connectivity index (χ3v) is 2.08. The van der Waals surface area contributed by atoms with Gasteiger partial charge in [0, 0.05) is 10.6 Å². The molecule has 1 heterocycles. The second-order valence-corrected chi connectivity index (χ2v) is 3.53. The number of hydrogen-bond donors (Lipinski definition) is 1. The van der Waals surface area contributed by atoms with Gasteiger partial charge in [0.05, 0.1) is 0 Å². The molecule has 0 aliphatic heterocycles. The molecule has 1 N–H and O–H groups in total. The molecule has 0 bridgehead atoms. The first kappa shape index (κ1) is 10.6. The van der Waals surface area contributed by atoms with Crippen molar-refractivity contribution in [2.24, 2.45) is 0 Å². The zero-order chi connectivity index (χ0) is 11.5. The smallest absolute Gasteiger partial charge is 0.311 e. The Hall–Kier alpha value is -1.88. The molecule has 0 fully saturated rings. The molecular weight excluding hydrogens is 232 g/mol. The summed E-state index contributed by atoms with van der Waals surface area (Å²) in [6.07, 6.45) is -0.260. The van der Waals surface area contributed by atoms with Crippen molar-refractivity contribution in [1.29, 1.82) is 0 Å². The Morgan fingerprint density at radius 1 is 1.50 bits per heavy atom. The van der Waals surface area contributed by atoms with Gasteiger partial charge in [0.15, 0.2) is 5.82 Å². The summed E-state index contributed by atoms with van der Waals surface area (Å²) in [7, 11) is 0. The lowest BCUT2D eigenvalue weighted by Crippen LogP contribution is -2.01. The summed E-state index contributed by atoms with van der Waals surface area (Å²) in [5.41, 5.74) is 0.664. The van der Waals surface area contributed by atoms with E-state index in [9.17, 15) is 4.79 Å². The van der Waals surface area contributed by atoms with Gasteiger partial charge in [-0.05, 0) is 18.2 Å². The Morgan fingerprint density at radius 3 is 3.00 bits per heavy atom. The maximum Gasteiger partial charge on any atom is 0.311 e. The lowest BCUT2D eigenvalue weighted by Gasteiger charge is -1.93. The number of rotatable bonds is 3. The molecule has 0 unspecified atom stereocenters. The van der Waals surface area contributed by atoms with E-state index in [0.29, 0.717) is 10.6 Å². The fourth-order valence-corrected chi connectivity index (χ4v) is 1.39. The van der Waals surface area contributed by atoms with E-state index in [0.717, 1.165) is 0 Å². The first-order valence-electron chi connectivity index (χ1n) is 4.45. The van der Waals surface area contributed by atoms with E-state index in [1.54, 1.807) is 24.3 Å². The standard InChI is InChI=1S/C10H7ClN2O3/c11-7-3-1-2-6(4-7)10-12-8(13-16-10)5-9(14)15/h1-4H,5H2,(H,14,15). The van der Waals surface area contributed by atoms with Crippen LogP contribution >= 0.6 is 11.6 Å². The molecule has 2 rings (SSSR count). The molecule has 1 aromatic heterocycles. The molecule has 6 heteroatoms. The highest BCUT2D eigenvalue weighted by Gasteiger charge is 2.11. The number of aromatic nitrogens is 2. The maximum atomic E-state index is 10.4. The van der Waals surface area contributed by atoms with Crippen molar-refractivity contribution in [3.63, 3.8) is 0 Å². The molecule has 0 amide bonds. The van der Waals surface area contributed by atoms with Crippen molar-refractivity contribution < 1.29 is 14.4 Å². The fourth-order valence-electron chi connectivity index (χ4n) is 1.20. The molecule has 1 aromatic carbocycles. The lowest BCUT2D eigenvalue weighted by atomic mass is 10.2. The normalized spacial score (nSPS) is 10.3. The quantitative estimate of drug-likeness (QED) is 0.885. The summed E-state index contributed by atoms with van der Waals surface area (Å²) in [5.74, 6) is -0.598. The third kappa shape index (κ3) is 2.38. The van der Waals surface area contributed by atoms with Gasteiger partial charge in [-0.3, -0.25) is 4.79 Å². The fraction of sp³-hybridized carbons (Fsp3) is 0.100. The van der Waals surface area contributed by atoms with E-state index >= 15 is 0 Å². The number of carbonyl (C=O) groups is 1. The Kier molecular flexibility index (Phi) is 2.87. The number of aliphatic carboxylic acids is 1. The predicted molar refractivity (Wildman–Crippen MR) is 56.1 cm³/mol. The molecule has 82 valence electrons. The number of benzene rings is 1. The minimum absolute atomic E-state index is 0.141. The van der Waals surface area contributed by atoms with E-state index < -0.39 is 5.97 Å². The van der Waals surface area contributed by atoms with Crippen molar-refractivity contribution in [1.82, 2.24) is 10.1 Å². The van der Waals surface area contributed by atoms with E-state index in [1.165, 1.54) is 0 Å². The average Bonchev–Trinajstić information content (AvgIpc) is 2.65. The second-order valence-electron chi connectivity index (χ2n) is 3.10. The molecule has 0 saturated heterocycles. The van der Waals surface area contributed by atoms with Gasteiger partial charge in [0.25, 0.3) is 5.89 Å². The van der Waals surface area contributed by atoms with Crippen LogP contribution in [0.3, 0.4) is 0 Å². The van der Waals surface area contributed by atoms with Crippen LogP contribution in [0, 0.1) is 0 Å². The lowest BCUT2D eigenvalue weighted by molar-refractivity contribution is -0.136. The van der Waals surface area contributed by atoms with E-state index in [4.69, 9.17) is 21.2 Å². The van der Waals surface area contributed by atoms with Crippen molar-refractivity contribution in [2.45, 2.75) is 6.42 Å². The van der Waals surface area contributed by atoms with E-state index in [-0.39, 0.29) is 18.1 Å². The molecule has 0 spiro atoms. The molecule has 16 heavy (non-hydrogen) atoms. The molecule has 5 nitrogen and oxygen atoms in total. The minimum Gasteiger partial charge on any atom is -0.481 e. The summed E-state index contributed by atoms with van der Waals surface area (Å²) < 4.78 is 4.92. The average molecular weight is 239 g/mol. The predicted octanol–water partition coefficient (Wildman–Crippen LogP) is 2.02. The zero-order valence-corrected chi connectivity index (χ0v) is 8.81. The van der Waals surface area contributed by atoms with Crippen LogP contribution < -0.4 is 0 Å². The van der Waals surface area contributed by atoms with Crippen LogP contribution in [-0.4, -0.2) is 21.2 Å². The van der Waals surface area contributed by atoms with Crippen molar-refractivity contribution in [2.75, 3.05) is 0 Å². The summed E-state index contributed by atoms with van der Waals surface area (Å²) in [4.78, 5) is 14.4. The number of halogens is 1. The van der Waals surface area contributed by atoms with Gasteiger partial charge in [-0.2, -0.15) is 4.98 Å². The minimum atomic E-state index is -1.00. The largest absolute Gasteiger partial charge is 0.481 e. The van der Waals surface area contributed by atoms with Gasteiger partial charge in [0.2, 0.25) is 0 Å². The van der Waals surface area contributed by atoms with Crippen molar-refractivity contribution in [3.8, 4) is 11.5 Å². The number of carboxylic acid groups (broad SMARTS) is 1. The van der Waals surface area contributed by atoms with Gasteiger partial charge in [-0.1, -0.05) is 22.8 Å². The highest BCUT2D eigenvalue weighted by Crippen LogP contribution is 2.20. The highest BCUT2D eigenvalue weighted by molar-refractivity contribution is 6.30. The van der Waals surface area contributed by atoms with Crippen molar-refractivity contribution in [3.05, 3.63) is 35.1 Å². The maximum absolute atomic E-state index is 10.4. The van der Waals surface area contributed by atoms with Crippen LogP contribution in [0.25, 0.3) is 11.5 Å². The summed E-state index contributed by atoms with van der Waals surface area (Å²) >= 11 is 5.80. The van der Waals surface area contributed by atoms with Crippen LogP contribution in [0.4, 0.5) is 0 Å². The van der Waals surface area contributed by atoms with E-state index in [1.807, 2.05) is 0 Å². The molecule has 0 aliphatic rings. The molecule has 0 aliphatic carbocycles. The van der Waals surface area contributed by atoms with Gasteiger partial charge < -0.3 is 9.63 Å². The van der Waals surface area contributed by atoms with Crippen LogP contribution in [0.15, 0.2) is 28.8 Å². The first-order chi connectivity index (χ1) is 7.65. The van der Waals surface area contributed by atoms with Gasteiger partial charge in [-0.25, -0.2) is 0 Å². The van der Waals surface area contributed by atoms with E-state index in [2.05, 4.69) is 10.1 Å². The van der Waals surface area contributed by atoms with Gasteiger partial charge in [0.1, 0.15) is 6.42 Å². The third-order valence-electron chi connectivity index (χ3n) is 1.85. The summed E-state index contributed by atoms with van der Waals surface area (Å²) in [5, 5.41) is 12.7. The second kappa shape index (κ2) is 4.32. The van der Waals surface area contributed by atoms with Crippen LogP contribution in [-0.2, 0) is 11.2 Å². The Morgan fingerprint density at radius 2 is 2.31 bits per heavy atom. The van der Waals surface area contributed by atoms with Crippen LogP contribution in [0.2, 0.25) is 5.02 Å². The SMILES string of the molecule is O=C(O)Cc1noc(-c2cccc(Cl)c2)n1. The van der Waals surface area contributed by atoms with Crippen LogP contribution in [0.1, 0.15) is 5.82 Å². The van der Waals surface area contributed by atoms with Gasteiger partial charge >= 0.3 is 5.97 Å². The first-order valence-corrected chi connectivity index (χ1v) is 4.83. The number of carboxylic acids is 1. The molecule has 0 atom stereocenters. The Balaban J connectivity index is 2.28. The number of hydrogen-bond acceptors (Lipinski definition) is 4. The highest BCUT2D eigenvalue weighted by atomic mass is 35.5. The van der Waals surface area contributed by atoms with Gasteiger partial charge in [-0.15, -0.1) is 0 Å². The zero-order valence-electron chi connectivity index (χ0n) is 8.05. The van der Waals surface area contributed by atoms with Crippen molar-refractivity contribution >= 4 is 17.6 Å². The summed E-state index contributed by atoms with van der Waals surface area (Å²) in [6.45, 7) is 0. The monoisotopic (exact) mass is 238 g/mol. The molecular formula is C10H7ClN2O3. The molecule has 0 saturated carbocycles. The summed E-state index contributed by atoms with van der Waals surface area (Å²) in [6, 6.07) is 6.89. The Bertz CT molecular complexity index is 524. The number of nitrogens with zero attached hydrogens (tertiary/aromatic N) is 2.